The molecule has 6 nitrogen and oxygen atoms in total. The zero-order valence-corrected chi connectivity index (χ0v) is 11.5. The highest BCUT2D eigenvalue weighted by Gasteiger charge is 2.10. The Bertz CT molecular complexity index is 567. The van der Waals surface area contributed by atoms with Crippen molar-refractivity contribution >= 4 is 11.4 Å². The van der Waals surface area contributed by atoms with Gasteiger partial charge in [-0.15, -0.1) is 0 Å². The van der Waals surface area contributed by atoms with E-state index in [1.54, 1.807) is 31.6 Å². The third kappa shape index (κ3) is 3.81. The summed E-state index contributed by atoms with van der Waals surface area (Å²) >= 11 is 0. The summed E-state index contributed by atoms with van der Waals surface area (Å²) in [5, 5.41) is 14.1. The fourth-order valence-corrected chi connectivity index (χ4v) is 1.99. The number of benzene rings is 1. The van der Waals surface area contributed by atoms with Crippen LogP contribution in [0.5, 0.6) is 0 Å². The van der Waals surface area contributed by atoms with Crippen LogP contribution in [0.4, 0.5) is 11.4 Å². The molecule has 0 atom stereocenters. The first-order valence-electron chi connectivity index (χ1n) is 6.61. The molecule has 0 aliphatic carbocycles. The van der Waals surface area contributed by atoms with E-state index in [-0.39, 0.29) is 10.6 Å². The Morgan fingerprint density at radius 1 is 1.40 bits per heavy atom. The van der Waals surface area contributed by atoms with Gasteiger partial charge in [-0.1, -0.05) is 6.07 Å². The second-order valence-electron chi connectivity index (χ2n) is 4.69. The minimum absolute atomic E-state index is 0.161. The third-order valence-corrected chi connectivity index (χ3v) is 3.14. The van der Waals surface area contributed by atoms with Crippen molar-refractivity contribution in [1.82, 2.24) is 9.55 Å². The van der Waals surface area contributed by atoms with E-state index in [9.17, 15) is 10.1 Å². The molecule has 1 aromatic carbocycles. The summed E-state index contributed by atoms with van der Waals surface area (Å²) in [5.41, 5.74) is 1.64. The minimum atomic E-state index is -0.348. The Hall–Kier alpha value is -2.37. The van der Waals surface area contributed by atoms with Crippen LogP contribution in [-0.2, 0) is 6.54 Å². The summed E-state index contributed by atoms with van der Waals surface area (Å²) in [6, 6.07) is 5.23. The van der Waals surface area contributed by atoms with Crippen LogP contribution in [0, 0.1) is 17.0 Å². The summed E-state index contributed by atoms with van der Waals surface area (Å²) in [6.07, 6.45) is 7.55. The number of nitro benzene ring substituents is 1. The molecule has 0 aliphatic heterocycles. The molecule has 20 heavy (non-hydrogen) atoms. The van der Waals surface area contributed by atoms with Crippen LogP contribution in [-0.4, -0.2) is 21.0 Å². The standard InChI is InChI=1S/C14H18N4O2/c1-12-4-5-13(10-14(12)18(19)20)16-6-2-3-8-17-9-7-15-11-17/h4-5,7,9-11,16H,2-3,6,8H2,1H3. The first kappa shape index (κ1) is 14.0. The van der Waals surface area contributed by atoms with E-state index in [4.69, 9.17) is 0 Å². The first-order valence-corrected chi connectivity index (χ1v) is 6.61. The monoisotopic (exact) mass is 274 g/mol. The number of nitro groups is 1. The predicted octanol–water partition coefficient (Wildman–Crippen LogP) is 2.99. The average Bonchev–Trinajstić information content (AvgIpc) is 2.93. The van der Waals surface area contributed by atoms with Gasteiger partial charge in [-0.2, -0.15) is 0 Å². The van der Waals surface area contributed by atoms with E-state index in [0.717, 1.165) is 31.6 Å². The van der Waals surface area contributed by atoms with Gasteiger partial charge in [0.2, 0.25) is 0 Å². The molecule has 0 saturated heterocycles. The third-order valence-electron chi connectivity index (χ3n) is 3.14. The lowest BCUT2D eigenvalue weighted by Crippen LogP contribution is -2.04. The lowest BCUT2D eigenvalue weighted by molar-refractivity contribution is -0.385. The number of nitrogens with zero attached hydrogens (tertiary/aromatic N) is 3. The van der Waals surface area contributed by atoms with E-state index in [2.05, 4.69) is 10.3 Å². The lowest BCUT2D eigenvalue weighted by atomic mass is 10.2. The first-order chi connectivity index (χ1) is 9.66. The molecule has 0 radical (unpaired) electrons. The summed E-state index contributed by atoms with van der Waals surface area (Å²) in [7, 11) is 0. The highest BCUT2D eigenvalue weighted by atomic mass is 16.6. The predicted molar refractivity (Wildman–Crippen MR) is 77.8 cm³/mol. The van der Waals surface area contributed by atoms with E-state index in [1.807, 2.05) is 16.8 Å². The van der Waals surface area contributed by atoms with Gasteiger partial charge in [0.15, 0.2) is 0 Å². The molecule has 1 aromatic heterocycles. The maximum absolute atomic E-state index is 10.9. The van der Waals surface area contributed by atoms with Crippen molar-refractivity contribution in [1.29, 1.82) is 0 Å². The molecule has 2 rings (SSSR count). The molecule has 0 aliphatic rings. The summed E-state index contributed by atoms with van der Waals surface area (Å²) in [5.74, 6) is 0. The van der Waals surface area contributed by atoms with Crippen LogP contribution in [0.15, 0.2) is 36.9 Å². The Labute approximate surface area is 117 Å². The molecule has 106 valence electrons. The molecule has 1 N–H and O–H groups in total. The fourth-order valence-electron chi connectivity index (χ4n) is 1.99. The van der Waals surface area contributed by atoms with Crippen LogP contribution in [0.1, 0.15) is 18.4 Å². The quantitative estimate of drug-likeness (QED) is 0.478. The number of rotatable bonds is 7. The number of aromatic nitrogens is 2. The molecule has 0 amide bonds. The largest absolute Gasteiger partial charge is 0.385 e. The minimum Gasteiger partial charge on any atom is -0.385 e. The van der Waals surface area contributed by atoms with Crippen molar-refractivity contribution in [3.05, 3.63) is 52.6 Å². The van der Waals surface area contributed by atoms with Gasteiger partial charge in [-0.25, -0.2) is 4.98 Å². The van der Waals surface area contributed by atoms with E-state index < -0.39 is 0 Å². The van der Waals surface area contributed by atoms with E-state index >= 15 is 0 Å². The van der Waals surface area contributed by atoms with Crippen LogP contribution in [0.25, 0.3) is 0 Å². The SMILES string of the molecule is Cc1ccc(NCCCCn2ccnc2)cc1[N+](=O)[O-]. The molecular weight excluding hydrogens is 256 g/mol. The number of unbranched alkanes of at least 4 members (excludes halogenated alkanes) is 1. The normalized spacial score (nSPS) is 10.4. The molecule has 1 heterocycles. The molecule has 0 bridgehead atoms. The number of imidazole rings is 1. The van der Waals surface area contributed by atoms with Crippen LogP contribution >= 0.6 is 0 Å². The van der Waals surface area contributed by atoms with Gasteiger partial charge in [-0.3, -0.25) is 10.1 Å². The van der Waals surface area contributed by atoms with Crippen molar-refractivity contribution < 1.29 is 4.92 Å². The molecule has 6 heteroatoms. The summed E-state index contributed by atoms with van der Waals surface area (Å²) in [4.78, 5) is 14.5. The summed E-state index contributed by atoms with van der Waals surface area (Å²) < 4.78 is 2.04. The van der Waals surface area contributed by atoms with Crippen LogP contribution in [0.2, 0.25) is 0 Å². The van der Waals surface area contributed by atoms with Crippen molar-refractivity contribution in [2.75, 3.05) is 11.9 Å². The Balaban J connectivity index is 1.76. The Kier molecular flexibility index (Phi) is 4.70. The van der Waals surface area contributed by atoms with Gasteiger partial charge in [0.25, 0.3) is 5.69 Å². The molecular formula is C14H18N4O2. The molecule has 0 fully saturated rings. The zero-order chi connectivity index (χ0) is 14.4. The van der Waals surface area contributed by atoms with E-state index in [0.29, 0.717) is 5.56 Å². The fraction of sp³-hybridized carbons (Fsp3) is 0.357. The highest BCUT2D eigenvalue weighted by Crippen LogP contribution is 2.22. The number of hydrogen-bond acceptors (Lipinski definition) is 4. The molecule has 0 saturated carbocycles. The van der Waals surface area contributed by atoms with Gasteiger partial charge < -0.3 is 9.88 Å². The lowest BCUT2D eigenvalue weighted by Gasteiger charge is -2.07. The van der Waals surface area contributed by atoms with Crippen LogP contribution < -0.4 is 5.32 Å². The topological polar surface area (TPSA) is 73.0 Å². The van der Waals surface area contributed by atoms with Gasteiger partial charge in [0.05, 0.1) is 11.3 Å². The van der Waals surface area contributed by atoms with Crippen molar-refractivity contribution in [2.45, 2.75) is 26.3 Å². The average molecular weight is 274 g/mol. The second-order valence-corrected chi connectivity index (χ2v) is 4.69. The Morgan fingerprint density at radius 3 is 2.95 bits per heavy atom. The maximum atomic E-state index is 10.9. The smallest absolute Gasteiger partial charge is 0.274 e. The van der Waals surface area contributed by atoms with Gasteiger partial charge in [0.1, 0.15) is 0 Å². The maximum Gasteiger partial charge on any atom is 0.274 e. The number of aryl methyl sites for hydroxylation is 2. The van der Waals surface area contributed by atoms with Crippen molar-refractivity contribution in [2.24, 2.45) is 0 Å². The van der Waals surface area contributed by atoms with Gasteiger partial charge >= 0.3 is 0 Å². The Morgan fingerprint density at radius 2 is 2.25 bits per heavy atom. The molecule has 2 aromatic rings. The van der Waals surface area contributed by atoms with Gasteiger partial charge in [-0.05, 0) is 25.8 Å². The van der Waals surface area contributed by atoms with Gasteiger partial charge in [0, 0.05) is 42.8 Å². The van der Waals surface area contributed by atoms with Crippen molar-refractivity contribution in [3.8, 4) is 0 Å². The second kappa shape index (κ2) is 6.70. The number of nitrogens with one attached hydrogen (secondary N) is 1. The zero-order valence-electron chi connectivity index (χ0n) is 11.5. The number of anilines is 1. The summed E-state index contributed by atoms with van der Waals surface area (Å²) in [6.45, 7) is 3.48. The number of hydrogen-bond donors (Lipinski definition) is 1. The van der Waals surface area contributed by atoms with Crippen molar-refractivity contribution in [3.63, 3.8) is 0 Å². The molecule has 0 spiro atoms. The highest BCUT2D eigenvalue weighted by molar-refractivity contribution is 5.54. The van der Waals surface area contributed by atoms with E-state index in [1.165, 1.54) is 0 Å². The molecule has 0 unspecified atom stereocenters. The van der Waals surface area contributed by atoms with Crippen LogP contribution in [0.3, 0.4) is 0 Å².